The van der Waals surface area contributed by atoms with Gasteiger partial charge in [0, 0.05) is 12.4 Å². The molecule has 6 heteroatoms. The van der Waals surface area contributed by atoms with Crippen LogP contribution in [0.5, 0.6) is 0 Å². The standard InChI is InChI=1S/C7H7N5.ClH/c1-5-10-7(12-11-5)6-8-3-2-4-9-6;/h2-4H,1H3,(H,10,11,12);1H. The van der Waals surface area contributed by atoms with Crippen LogP contribution < -0.4 is 0 Å². The van der Waals surface area contributed by atoms with Crippen molar-refractivity contribution in [3.05, 3.63) is 24.3 Å². The fourth-order valence-corrected chi connectivity index (χ4v) is 0.857. The summed E-state index contributed by atoms with van der Waals surface area (Å²) < 4.78 is 0. The number of hydrogen-bond acceptors (Lipinski definition) is 4. The van der Waals surface area contributed by atoms with Crippen LogP contribution in [0.3, 0.4) is 0 Å². The van der Waals surface area contributed by atoms with Crippen LogP contribution in [0.1, 0.15) is 5.82 Å². The predicted octanol–water partition coefficient (Wildman–Crippen LogP) is 0.992. The molecule has 2 rings (SSSR count). The van der Waals surface area contributed by atoms with Crippen molar-refractivity contribution >= 4 is 12.4 Å². The molecule has 0 radical (unpaired) electrons. The number of halogens is 1. The Morgan fingerprint density at radius 3 is 2.38 bits per heavy atom. The van der Waals surface area contributed by atoms with Gasteiger partial charge in [-0.2, -0.15) is 0 Å². The van der Waals surface area contributed by atoms with Crippen molar-refractivity contribution in [2.75, 3.05) is 0 Å². The maximum absolute atomic E-state index is 4.09. The lowest BCUT2D eigenvalue weighted by Crippen LogP contribution is -1.88. The molecule has 2 aromatic heterocycles. The highest BCUT2D eigenvalue weighted by Crippen LogP contribution is 2.05. The van der Waals surface area contributed by atoms with Crippen molar-refractivity contribution in [1.29, 1.82) is 0 Å². The fourth-order valence-electron chi connectivity index (χ4n) is 0.857. The zero-order chi connectivity index (χ0) is 8.39. The monoisotopic (exact) mass is 197 g/mol. The molecule has 5 nitrogen and oxygen atoms in total. The number of nitrogens with one attached hydrogen (secondary N) is 1. The van der Waals surface area contributed by atoms with Gasteiger partial charge in [0.05, 0.1) is 0 Å². The van der Waals surface area contributed by atoms with Crippen molar-refractivity contribution in [1.82, 2.24) is 25.1 Å². The summed E-state index contributed by atoms with van der Waals surface area (Å²) in [6.45, 7) is 1.83. The average Bonchev–Trinajstić information content (AvgIpc) is 2.54. The largest absolute Gasteiger partial charge is 0.263 e. The first-order valence-electron chi connectivity index (χ1n) is 3.52. The lowest BCUT2D eigenvalue weighted by Gasteiger charge is -1.88. The van der Waals surface area contributed by atoms with Gasteiger partial charge < -0.3 is 0 Å². The number of hydrogen-bond donors (Lipinski definition) is 1. The van der Waals surface area contributed by atoms with Crippen molar-refractivity contribution in [3.63, 3.8) is 0 Å². The van der Waals surface area contributed by atoms with Crippen molar-refractivity contribution in [2.24, 2.45) is 0 Å². The fraction of sp³-hybridized carbons (Fsp3) is 0.143. The van der Waals surface area contributed by atoms with E-state index in [2.05, 4.69) is 25.1 Å². The second kappa shape index (κ2) is 3.95. The topological polar surface area (TPSA) is 67.3 Å². The highest BCUT2D eigenvalue weighted by atomic mass is 35.5. The molecule has 0 spiro atoms. The van der Waals surface area contributed by atoms with Crippen molar-refractivity contribution in [2.45, 2.75) is 6.92 Å². The summed E-state index contributed by atoms with van der Waals surface area (Å²) in [6, 6.07) is 1.75. The number of rotatable bonds is 1. The molecule has 68 valence electrons. The van der Waals surface area contributed by atoms with E-state index in [4.69, 9.17) is 0 Å². The molecule has 0 aromatic carbocycles. The van der Waals surface area contributed by atoms with Gasteiger partial charge in [-0.05, 0) is 13.0 Å². The third-order valence-corrected chi connectivity index (χ3v) is 1.36. The van der Waals surface area contributed by atoms with Gasteiger partial charge in [-0.3, -0.25) is 5.10 Å². The van der Waals surface area contributed by atoms with Crippen LogP contribution in [0.4, 0.5) is 0 Å². The van der Waals surface area contributed by atoms with E-state index >= 15 is 0 Å². The van der Waals surface area contributed by atoms with Crippen LogP contribution in [0.25, 0.3) is 11.6 Å². The van der Waals surface area contributed by atoms with E-state index in [1.54, 1.807) is 18.5 Å². The minimum absolute atomic E-state index is 0. The normalized spacial score (nSPS) is 9.31. The van der Waals surface area contributed by atoms with E-state index in [-0.39, 0.29) is 12.4 Å². The van der Waals surface area contributed by atoms with Crippen LogP contribution in [0.2, 0.25) is 0 Å². The molecular formula is C7H8ClN5. The number of nitrogens with zero attached hydrogens (tertiary/aromatic N) is 4. The van der Waals surface area contributed by atoms with E-state index < -0.39 is 0 Å². The minimum Gasteiger partial charge on any atom is -0.263 e. The third-order valence-electron chi connectivity index (χ3n) is 1.36. The van der Waals surface area contributed by atoms with Crippen LogP contribution in [0.15, 0.2) is 18.5 Å². The molecule has 0 aliphatic rings. The molecule has 0 bridgehead atoms. The van der Waals surface area contributed by atoms with Gasteiger partial charge in [0.25, 0.3) is 0 Å². The quantitative estimate of drug-likeness (QED) is 0.741. The molecule has 1 N–H and O–H groups in total. The Hall–Kier alpha value is -1.49. The van der Waals surface area contributed by atoms with Crippen LogP contribution >= 0.6 is 12.4 Å². The van der Waals surface area contributed by atoms with Crippen LogP contribution in [0, 0.1) is 6.92 Å². The molecule has 0 unspecified atom stereocenters. The van der Waals surface area contributed by atoms with Crippen LogP contribution in [-0.2, 0) is 0 Å². The molecule has 0 saturated heterocycles. The predicted molar refractivity (Wildman–Crippen MR) is 49.4 cm³/mol. The molecule has 0 fully saturated rings. The molecule has 0 amide bonds. The first-order chi connectivity index (χ1) is 5.86. The van der Waals surface area contributed by atoms with Crippen LogP contribution in [-0.4, -0.2) is 25.1 Å². The molecule has 0 aliphatic carbocycles. The molecule has 2 aromatic rings. The molecule has 0 atom stereocenters. The number of aromatic amines is 1. The smallest absolute Gasteiger partial charge is 0.218 e. The van der Waals surface area contributed by atoms with E-state index in [1.807, 2.05) is 6.92 Å². The summed E-state index contributed by atoms with van der Waals surface area (Å²) in [5.41, 5.74) is 0. The van der Waals surface area contributed by atoms with E-state index in [1.165, 1.54) is 0 Å². The highest BCUT2D eigenvalue weighted by Gasteiger charge is 2.04. The summed E-state index contributed by atoms with van der Waals surface area (Å²) in [5.74, 6) is 1.84. The molecule has 2 heterocycles. The second-order valence-electron chi connectivity index (χ2n) is 2.32. The summed E-state index contributed by atoms with van der Waals surface area (Å²) >= 11 is 0. The van der Waals surface area contributed by atoms with Gasteiger partial charge in [0.2, 0.25) is 5.82 Å². The summed E-state index contributed by atoms with van der Waals surface area (Å²) in [5, 5.41) is 6.65. The highest BCUT2D eigenvalue weighted by molar-refractivity contribution is 5.85. The first-order valence-corrected chi connectivity index (χ1v) is 3.52. The lowest BCUT2D eigenvalue weighted by atomic mass is 10.5. The second-order valence-corrected chi connectivity index (χ2v) is 2.32. The number of aryl methyl sites for hydroxylation is 1. The van der Waals surface area contributed by atoms with Gasteiger partial charge in [-0.15, -0.1) is 17.5 Å². The Labute approximate surface area is 81.1 Å². The Bertz CT molecular complexity index is 371. The van der Waals surface area contributed by atoms with Gasteiger partial charge in [-0.1, -0.05) is 0 Å². The van der Waals surface area contributed by atoms with Gasteiger partial charge in [-0.25, -0.2) is 15.0 Å². The number of aromatic nitrogens is 5. The zero-order valence-corrected chi connectivity index (χ0v) is 7.75. The summed E-state index contributed by atoms with van der Waals surface area (Å²) in [7, 11) is 0. The molecule has 0 aliphatic heterocycles. The van der Waals surface area contributed by atoms with E-state index in [0.29, 0.717) is 11.6 Å². The molecule has 13 heavy (non-hydrogen) atoms. The Kier molecular flexibility index (Phi) is 2.92. The van der Waals surface area contributed by atoms with Gasteiger partial charge in [0.15, 0.2) is 5.82 Å². The maximum atomic E-state index is 4.09. The van der Waals surface area contributed by atoms with Gasteiger partial charge >= 0.3 is 0 Å². The van der Waals surface area contributed by atoms with E-state index in [9.17, 15) is 0 Å². The van der Waals surface area contributed by atoms with Gasteiger partial charge in [0.1, 0.15) is 5.82 Å². The maximum Gasteiger partial charge on any atom is 0.218 e. The van der Waals surface area contributed by atoms with Crippen molar-refractivity contribution < 1.29 is 0 Å². The molecular weight excluding hydrogens is 190 g/mol. The Morgan fingerprint density at radius 1 is 1.15 bits per heavy atom. The Morgan fingerprint density at radius 2 is 1.85 bits per heavy atom. The summed E-state index contributed by atoms with van der Waals surface area (Å²) in [6.07, 6.45) is 3.32. The minimum atomic E-state index is 0. The first kappa shape index (κ1) is 9.60. The zero-order valence-electron chi connectivity index (χ0n) is 6.93. The summed E-state index contributed by atoms with van der Waals surface area (Å²) in [4.78, 5) is 12.1. The Balaban J connectivity index is 0.000000845. The van der Waals surface area contributed by atoms with Crippen molar-refractivity contribution in [3.8, 4) is 11.6 Å². The molecule has 0 saturated carbocycles. The average molecular weight is 198 g/mol. The SMILES string of the molecule is Cc1nc(-c2ncccn2)n[nH]1.Cl. The van der Waals surface area contributed by atoms with E-state index in [0.717, 1.165) is 5.82 Å². The lowest BCUT2D eigenvalue weighted by molar-refractivity contribution is 1.03. The number of H-pyrrole nitrogens is 1. The third kappa shape index (κ3) is 2.00.